The number of fused-ring (bicyclic) bond motifs is 2. The van der Waals surface area contributed by atoms with E-state index in [4.69, 9.17) is 9.47 Å². The van der Waals surface area contributed by atoms with Gasteiger partial charge in [-0.15, -0.1) is 5.10 Å². The van der Waals surface area contributed by atoms with Gasteiger partial charge in [0.15, 0.2) is 14.7 Å². The number of esters is 1. The minimum absolute atomic E-state index is 0.0498. The number of rotatable bonds is 10. The summed E-state index contributed by atoms with van der Waals surface area (Å²) in [6.07, 6.45) is -3.75. The Morgan fingerprint density at radius 2 is 1.88 bits per heavy atom. The molecular weight excluding hydrogens is 603 g/mol. The van der Waals surface area contributed by atoms with Crippen LogP contribution in [-0.2, 0) is 48.8 Å². The second-order valence-electron chi connectivity index (χ2n) is 11.2. The van der Waals surface area contributed by atoms with Gasteiger partial charge in [0.2, 0.25) is 5.60 Å². The summed E-state index contributed by atoms with van der Waals surface area (Å²) in [4.78, 5) is 12.3. The molecule has 1 aromatic carbocycles. The van der Waals surface area contributed by atoms with Crippen LogP contribution in [-0.4, -0.2) is 75.1 Å². The molecule has 42 heavy (non-hydrogen) atoms. The number of hydrogen-bond acceptors (Lipinski definition) is 9. The molecule has 2 aliphatic heterocycles. The standard InChI is InChI=1S/C26H32F3N3O8S2/c1-25(2,26(27,28)29)40-22(33)14-16-6-9-21-20(13-16)32(15-17(39-21)10-12-41(34,35)18-7-8-18)42(36,37)23-19-5-4-11-31(19)30-24(23)38-3/h6,9,13,17-18H,4-5,7-8,10-12,14-15H2,1-3H3/t17-/m0/s1. The largest absolute Gasteiger partial charge is 0.486 e. The van der Waals surface area contributed by atoms with Crippen molar-refractivity contribution < 1.29 is 49.0 Å². The Morgan fingerprint density at radius 1 is 1.17 bits per heavy atom. The van der Waals surface area contributed by atoms with Crippen LogP contribution in [0.5, 0.6) is 11.6 Å². The van der Waals surface area contributed by atoms with Crippen molar-refractivity contribution in [2.75, 3.05) is 23.7 Å². The Bertz CT molecular complexity index is 1600. The first-order valence-electron chi connectivity index (χ1n) is 13.5. The lowest BCUT2D eigenvalue weighted by Gasteiger charge is -2.36. The van der Waals surface area contributed by atoms with Gasteiger partial charge in [-0.25, -0.2) is 16.8 Å². The molecular formula is C26H32F3N3O8S2. The van der Waals surface area contributed by atoms with E-state index >= 15 is 0 Å². The molecule has 2 aromatic rings. The SMILES string of the molecule is COc1nn2c(c1S(=O)(=O)N1C[C@H](CCS(=O)(=O)C3CC3)Oc3ccc(CC(=O)OC(C)(C)C(F)(F)F)cc31)CCC2. The monoisotopic (exact) mass is 635 g/mol. The summed E-state index contributed by atoms with van der Waals surface area (Å²) in [7, 11) is -6.38. The Labute approximate surface area is 241 Å². The van der Waals surface area contributed by atoms with E-state index in [1.54, 1.807) is 4.68 Å². The Kier molecular flexibility index (Phi) is 7.69. The Balaban J connectivity index is 1.48. The number of aromatic nitrogens is 2. The quantitative estimate of drug-likeness (QED) is 0.361. The van der Waals surface area contributed by atoms with E-state index in [1.165, 1.54) is 25.3 Å². The van der Waals surface area contributed by atoms with Gasteiger partial charge in [0.25, 0.3) is 15.9 Å². The first-order valence-corrected chi connectivity index (χ1v) is 16.6. The van der Waals surface area contributed by atoms with E-state index in [2.05, 4.69) is 9.84 Å². The number of sulfonamides is 1. The van der Waals surface area contributed by atoms with E-state index in [0.717, 1.165) is 18.2 Å². The van der Waals surface area contributed by atoms with E-state index in [0.29, 0.717) is 37.9 Å². The molecule has 0 spiro atoms. The average molecular weight is 636 g/mol. The zero-order chi connectivity index (χ0) is 30.7. The van der Waals surface area contributed by atoms with Crippen LogP contribution in [0.25, 0.3) is 0 Å². The first-order chi connectivity index (χ1) is 19.5. The third kappa shape index (κ3) is 5.79. The highest BCUT2D eigenvalue weighted by atomic mass is 32.2. The number of carbonyl (C=O) groups excluding carboxylic acids is 1. The van der Waals surface area contributed by atoms with Gasteiger partial charge in [0.05, 0.1) is 42.5 Å². The highest BCUT2D eigenvalue weighted by Crippen LogP contribution is 2.42. The molecule has 0 bridgehead atoms. The van der Waals surface area contributed by atoms with Crippen LogP contribution in [0.15, 0.2) is 23.1 Å². The molecule has 3 aliphatic rings. The summed E-state index contributed by atoms with van der Waals surface area (Å²) in [5.41, 5.74) is -1.99. The molecule has 1 atom stereocenters. The molecule has 3 heterocycles. The average Bonchev–Trinajstić information content (AvgIpc) is 3.56. The molecule has 0 radical (unpaired) electrons. The summed E-state index contributed by atoms with van der Waals surface area (Å²) in [6.45, 7) is 1.75. The van der Waals surface area contributed by atoms with Crippen LogP contribution in [0.4, 0.5) is 18.9 Å². The summed E-state index contributed by atoms with van der Waals surface area (Å²) in [5.74, 6) is -1.28. The predicted molar refractivity (Wildman–Crippen MR) is 144 cm³/mol. The van der Waals surface area contributed by atoms with Gasteiger partial charge in [-0.05, 0) is 63.6 Å². The number of alkyl halides is 3. The molecule has 1 fully saturated rings. The number of aryl methyl sites for hydroxylation is 1. The second kappa shape index (κ2) is 10.6. The topological polar surface area (TPSA) is 134 Å². The third-order valence-corrected chi connectivity index (χ3v) is 11.8. The molecule has 0 N–H and O–H groups in total. The summed E-state index contributed by atoms with van der Waals surface area (Å²) >= 11 is 0. The lowest BCUT2D eigenvalue weighted by atomic mass is 10.1. The number of ether oxygens (including phenoxy) is 3. The van der Waals surface area contributed by atoms with Crippen LogP contribution in [0, 0.1) is 0 Å². The molecule has 1 aliphatic carbocycles. The molecule has 0 saturated heterocycles. The highest BCUT2D eigenvalue weighted by molar-refractivity contribution is 7.93. The third-order valence-electron chi connectivity index (χ3n) is 7.62. The van der Waals surface area contributed by atoms with Gasteiger partial charge in [-0.1, -0.05) is 6.07 Å². The predicted octanol–water partition coefficient (Wildman–Crippen LogP) is 3.19. The maximum absolute atomic E-state index is 14.2. The Hall–Kier alpha value is -3.01. The van der Waals surface area contributed by atoms with Crippen LogP contribution in [0.1, 0.15) is 50.8 Å². The number of benzene rings is 1. The fraction of sp³-hybridized carbons (Fsp3) is 0.615. The number of nitrogens with zero attached hydrogens (tertiary/aromatic N) is 3. The van der Waals surface area contributed by atoms with Crippen molar-refractivity contribution in [2.24, 2.45) is 0 Å². The number of sulfone groups is 1. The van der Waals surface area contributed by atoms with Crippen LogP contribution in [0.3, 0.4) is 0 Å². The minimum atomic E-state index is -4.79. The molecule has 1 aromatic heterocycles. The molecule has 11 nitrogen and oxygen atoms in total. The number of anilines is 1. The summed E-state index contributed by atoms with van der Waals surface area (Å²) in [6, 6.07) is 4.19. The molecule has 1 saturated carbocycles. The van der Waals surface area contributed by atoms with Crippen LogP contribution >= 0.6 is 0 Å². The Morgan fingerprint density at radius 3 is 2.52 bits per heavy atom. The number of hydrogen-bond donors (Lipinski definition) is 0. The number of halogens is 3. The zero-order valence-corrected chi connectivity index (χ0v) is 24.9. The lowest BCUT2D eigenvalue weighted by molar-refractivity contribution is -0.257. The van der Waals surface area contributed by atoms with Gasteiger partial charge in [0, 0.05) is 6.54 Å². The molecule has 0 amide bonds. The van der Waals surface area contributed by atoms with Crippen molar-refractivity contribution in [1.82, 2.24) is 9.78 Å². The van der Waals surface area contributed by atoms with Crippen molar-refractivity contribution in [2.45, 2.75) is 86.9 Å². The van der Waals surface area contributed by atoms with Gasteiger partial charge >= 0.3 is 12.1 Å². The molecule has 5 rings (SSSR count). The summed E-state index contributed by atoms with van der Waals surface area (Å²) < 4.78 is 112. The summed E-state index contributed by atoms with van der Waals surface area (Å²) in [5, 5.41) is 3.90. The van der Waals surface area contributed by atoms with E-state index in [-0.39, 0.29) is 51.7 Å². The molecule has 0 unspecified atom stereocenters. The van der Waals surface area contributed by atoms with E-state index in [9.17, 15) is 34.8 Å². The van der Waals surface area contributed by atoms with E-state index < -0.39 is 50.1 Å². The number of carbonyl (C=O) groups is 1. The smallest absolute Gasteiger partial charge is 0.427 e. The maximum atomic E-state index is 14.2. The first kappa shape index (κ1) is 30.4. The zero-order valence-electron chi connectivity index (χ0n) is 23.3. The fourth-order valence-electron chi connectivity index (χ4n) is 5.06. The fourth-order valence-corrected chi connectivity index (χ4v) is 8.68. The van der Waals surface area contributed by atoms with Gasteiger partial charge in [0.1, 0.15) is 11.9 Å². The van der Waals surface area contributed by atoms with Gasteiger partial charge in [-0.2, -0.15) is 13.2 Å². The maximum Gasteiger partial charge on any atom is 0.427 e. The highest BCUT2D eigenvalue weighted by Gasteiger charge is 2.51. The van der Waals surface area contributed by atoms with Crippen molar-refractivity contribution in [3.05, 3.63) is 29.5 Å². The minimum Gasteiger partial charge on any atom is -0.486 e. The normalized spacial score (nSPS) is 19.2. The van der Waals surface area contributed by atoms with E-state index in [1.807, 2.05) is 0 Å². The second-order valence-corrected chi connectivity index (χ2v) is 15.4. The van der Waals surface area contributed by atoms with Crippen molar-refractivity contribution >= 4 is 31.5 Å². The van der Waals surface area contributed by atoms with Crippen LogP contribution < -0.4 is 13.8 Å². The van der Waals surface area contributed by atoms with Crippen molar-refractivity contribution in [3.8, 4) is 11.6 Å². The molecule has 232 valence electrons. The molecule has 16 heteroatoms. The lowest BCUT2D eigenvalue weighted by Crippen LogP contribution is -2.44. The van der Waals surface area contributed by atoms with Gasteiger partial charge in [-0.3, -0.25) is 13.8 Å². The number of methoxy groups -OCH3 is 1. The van der Waals surface area contributed by atoms with Crippen molar-refractivity contribution in [1.29, 1.82) is 0 Å². The van der Waals surface area contributed by atoms with Crippen LogP contribution in [0.2, 0.25) is 0 Å². The van der Waals surface area contributed by atoms with Gasteiger partial charge < -0.3 is 14.2 Å². The van der Waals surface area contributed by atoms with Crippen molar-refractivity contribution in [3.63, 3.8) is 0 Å².